The summed E-state index contributed by atoms with van der Waals surface area (Å²) in [7, 11) is 0. The predicted octanol–water partition coefficient (Wildman–Crippen LogP) is 12.1. The maximum absolute atomic E-state index is 5.49. The first-order chi connectivity index (χ1) is 24.8. The molecule has 10 rings (SSSR count). The molecule has 6 aromatic carbocycles. The molecule has 4 heteroatoms. The molecule has 1 fully saturated rings. The monoisotopic (exact) mass is 644 g/mol. The molecule has 3 heterocycles. The molecule has 0 bridgehead atoms. The summed E-state index contributed by atoms with van der Waals surface area (Å²) >= 11 is 0. The van der Waals surface area contributed by atoms with Crippen molar-refractivity contribution in [2.75, 3.05) is 0 Å². The van der Waals surface area contributed by atoms with E-state index in [1.165, 1.54) is 70.2 Å². The number of hydrogen-bond donors (Lipinski definition) is 0. The van der Waals surface area contributed by atoms with Crippen LogP contribution in [0.15, 0.2) is 152 Å². The van der Waals surface area contributed by atoms with Crippen LogP contribution in [0.5, 0.6) is 0 Å². The molecule has 0 radical (unpaired) electrons. The van der Waals surface area contributed by atoms with Crippen molar-refractivity contribution in [1.82, 2.24) is 19.1 Å². The lowest BCUT2D eigenvalue weighted by molar-refractivity contribution is 0.444. The van der Waals surface area contributed by atoms with E-state index in [2.05, 4.69) is 161 Å². The fourth-order valence-corrected chi connectivity index (χ4v) is 8.51. The highest BCUT2D eigenvalue weighted by Crippen LogP contribution is 2.40. The minimum atomic E-state index is 0.522. The standard InChI is InChI=1S/C46H36N4/c1-2-16-31(17-3-1)32-18-4-5-23-37(32)46-47-39(30-45(48-46)50-42-27-13-8-21-35(42)36-22-9-14-28-43(36)50)38-24-10-15-29-44(38)49-40-25-11-6-19-33(40)34-20-7-12-26-41(34)49/h4-15,18-31H,1-3,16-17H2. The van der Waals surface area contributed by atoms with Crippen molar-refractivity contribution < 1.29 is 0 Å². The lowest BCUT2D eigenvalue weighted by Gasteiger charge is -2.24. The van der Waals surface area contributed by atoms with Crippen molar-refractivity contribution in [3.05, 3.63) is 157 Å². The third kappa shape index (κ3) is 4.59. The molecular weight excluding hydrogens is 609 g/mol. The zero-order valence-corrected chi connectivity index (χ0v) is 27.8. The van der Waals surface area contributed by atoms with E-state index in [0.29, 0.717) is 5.92 Å². The molecule has 9 aromatic rings. The van der Waals surface area contributed by atoms with Crippen LogP contribution >= 0.6 is 0 Å². The van der Waals surface area contributed by atoms with Gasteiger partial charge in [0.25, 0.3) is 0 Å². The topological polar surface area (TPSA) is 35.6 Å². The average molecular weight is 645 g/mol. The molecule has 240 valence electrons. The summed E-state index contributed by atoms with van der Waals surface area (Å²) in [6.07, 6.45) is 6.31. The van der Waals surface area contributed by atoms with Gasteiger partial charge in [0.15, 0.2) is 5.82 Å². The van der Waals surface area contributed by atoms with Gasteiger partial charge in [0, 0.05) is 38.7 Å². The van der Waals surface area contributed by atoms with Crippen LogP contribution in [0, 0.1) is 0 Å². The van der Waals surface area contributed by atoms with Gasteiger partial charge < -0.3 is 4.57 Å². The quantitative estimate of drug-likeness (QED) is 0.187. The Kier molecular flexibility index (Phi) is 6.87. The van der Waals surface area contributed by atoms with E-state index in [1.54, 1.807) is 0 Å². The van der Waals surface area contributed by atoms with Gasteiger partial charge in [-0.05, 0) is 54.7 Å². The summed E-state index contributed by atoms with van der Waals surface area (Å²) in [5.41, 5.74) is 10.2. The lowest BCUT2D eigenvalue weighted by atomic mass is 9.82. The highest BCUT2D eigenvalue weighted by atomic mass is 15.1. The fourth-order valence-electron chi connectivity index (χ4n) is 8.51. The van der Waals surface area contributed by atoms with Crippen molar-refractivity contribution in [1.29, 1.82) is 0 Å². The van der Waals surface area contributed by atoms with Gasteiger partial charge in [0.05, 0.1) is 33.4 Å². The number of fused-ring (bicyclic) bond motifs is 6. The van der Waals surface area contributed by atoms with Crippen LogP contribution < -0.4 is 0 Å². The van der Waals surface area contributed by atoms with Gasteiger partial charge in [-0.1, -0.05) is 135 Å². The van der Waals surface area contributed by atoms with Crippen molar-refractivity contribution in [2.24, 2.45) is 0 Å². The number of nitrogens with zero attached hydrogens (tertiary/aromatic N) is 4. The summed E-state index contributed by atoms with van der Waals surface area (Å²) in [6.45, 7) is 0. The van der Waals surface area contributed by atoms with Gasteiger partial charge in [0.1, 0.15) is 5.82 Å². The van der Waals surface area contributed by atoms with E-state index in [0.717, 1.165) is 45.2 Å². The largest absolute Gasteiger partial charge is 0.309 e. The van der Waals surface area contributed by atoms with Crippen molar-refractivity contribution in [3.8, 4) is 34.2 Å². The van der Waals surface area contributed by atoms with E-state index < -0.39 is 0 Å². The maximum atomic E-state index is 5.49. The Morgan fingerprint density at radius 1 is 0.440 bits per heavy atom. The third-order valence-electron chi connectivity index (χ3n) is 10.8. The van der Waals surface area contributed by atoms with Crippen molar-refractivity contribution in [3.63, 3.8) is 0 Å². The molecule has 4 nitrogen and oxygen atoms in total. The first kappa shape index (κ1) is 29.0. The molecule has 0 amide bonds. The second-order valence-corrected chi connectivity index (χ2v) is 13.6. The minimum absolute atomic E-state index is 0.522. The van der Waals surface area contributed by atoms with E-state index in [9.17, 15) is 0 Å². The van der Waals surface area contributed by atoms with Crippen LogP contribution in [0.25, 0.3) is 77.8 Å². The summed E-state index contributed by atoms with van der Waals surface area (Å²) < 4.78 is 4.73. The molecule has 0 aliphatic heterocycles. The van der Waals surface area contributed by atoms with Crippen LogP contribution in [-0.2, 0) is 0 Å². The van der Waals surface area contributed by atoms with Crippen LogP contribution in [0.2, 0.25) is 0 Å². The summed E-state index contributed by atoms with van der Waals surface area (Å²) in [5.74, 6) is 2.17. The van der Waals surface area contributed by atoms with Crippen molar-refractivity contribution >= 4 is 43.6 Å². The van der Waals surface area contributed by atoms with Gasteiger partial charge in [-0.25, -0.2) is 9.97 Å². The highest BCUT2D eigenvalue weighted by molar-refractivity contribution is 6.10. The number of aromatic nitrogens is 4. The summed E-state index contributed by atoms with van der Waals surface area (Å²) in [4.78, 5) is 11.0. The average Bonchev–Trinajstić information content (AvgIpc) is 3.71. The zero-order valence-electron chi connectivity index (χ0n) is 27.8. The Bertz CT molecular complexity index is 2600. The predicted molar refractivity (Wildman–Crippen MR) is 207 cm³/mol. The molecule has 0 N–H and O–H groups in total. The zero-order chi connectivity index (χ0) is 33.0. The first-order valence-electron chi connectivity index (χ1n) is 17.9. The molecule has 1 saturated carbocycles. The summed E-state index contributed by atoms with van der Waals surface area (Å²) in [6, 6.07) is 54.5. The third-order valence-corrected chi connectivity index (χ3v) is 10.8. The smallest absolute Gasteiger partial charge is 0.162 e. The van der Waals surface area contributed by atoms with Crippen LogP contribution in [-0.4, -0.2) is 19.1 Å². The molecule has 50 heavy (non-hydrogen) atoms. The van der Waals surface area contributed by atoms with Gasteiger partial charge >= 0.3 is 0 Å². The molecule has 0 saturated heterocycles. The molecule has 1 aliphatic carbocycles. The van der Waals surface area contributed by atoms with Crippen LogP contribution in [0.1, 0.15) is 43.6 Å². The Labute approximate surface area is 291 Å². The van der Waals surface area contributed by atoms with Gasteiger partial charge in [-0.2, -0.15) is 0 Å². The molecule has 0 atom stereocenters. The van der Waals surface area contributed by atoms with E-state index in [-0.39, 0.29) is 0 Å². The molecule has 0 unspecified atom stereocenters. The van der Waals surface area contributed by atoms with Crippen LogP contribution in [0.4, 0.5) is 0 Å². The van der Waals surface area contributed by atoms with Gasteiger partial charge in [-0.15, -0.1) is 0 Å². The Morgan fingerprint density at radius 2 is 0.920 bits per heavy atom. The minimum Gasteiger partial charge on any atom is -0.309 e. The van der Waals surface area contributed by atoms with Crippen LogP contribution in [0.3, 0.4) is 0 Å². The molecule has 3 aromatic heterocycles. The highest BCUT2D eigenvalue weighted by Gasteiger charge is 2.23. The maximum Gasteiger partial charge on any atom is 0.162 e. The van der Waals surface area contributed by atoms with Crippen molar-refractivity contribution in [2.45, 2.75) is 38.0 Å². The second-order valence-electron chi connectivity index (χ2n) is 13.6. The first-order valence-corrected chi connectivity index (χ1v) is 17.9. The molecule has 1 aliphatic rings. The van der Waals surface area contributed by atoms with Gasteiger partial charge in [0.2, 0.25) is 0 Å². The summed E-state index contributed by atoms with van der Waals surface area (Å²) in [5, 5.41) is 4.93. The lowest BCUT2D eigenvalue weighted by Crippen LogP contribution is -2.08. The number of hydrogen-bond acceptors (Lipinski definition) is 2. The SMILES string of the molecule is c1ccc(C2CCCCC2)c(-c2nc(-c3ccccc3-n3c4ccccc4c4ccccc43)cc(-n3c4ccccc4c4ccccc43)n2)c1. The molecule has 0 spiro atoms. The van der Waals surface area contributed by atoms with Gasteiger partial charge in [-0.3, -0.25) is 4.57 Å². The Morgan fingerprint density at radius 3 is 1.52 bits per heavy atom. The fraction of sp³-hybridized carbons (Fsp3) is 0.130. The Balaban J connectivity index is 1.27. The van der Waals surface area contributed by atoms with E-state index >= 15 is 0 Å². The Hall–Kier alpha value is -6.00. The molecular formula is C46H36N4. The van der Waals surface area contributed by atoms with E-state index in [4.69, 9.17) is 9.97 Å². The number of rotatable bonds is 5. The number of benzene rings is 6. The van der Waals surface area contributed by atoms with E-state index in [1.807, 2.05) is 0 Å². The number of para-hydroxylation sites is 5. The normalized spacial score (nSPS) is 13.9. The second kappa shape index (κ2) is 11.9.